The van der Waals surface area contributed by atoms with Gasteiger partial charge >= 0.3 is 0 Å². The molecule has 0 bridgehead atoms. The maximum atomic E-state index is 14.8. The second-order valence-electron chi connectivity index (χ2n) is 20.1. The van der Waals surface area contributed by atoms with E-state index in [0.717, 1.165) is 27.2 Å². The molecular formula is C58H71FN12O8S2. The number of carbonyl (C=O) groups excluding carboxylic acids is 8. The van der Waals surface area contributed by atoms with Crippen LogP contribution in [0, 0.1) is 11.7 Å². The normalized spacial score (nSPS) is 14.3. The van der Waals surface area contributed by atoms with Crippen molar-refractivity contribution < 1.29 is 42.7 Å². The van der Waals surface area contributed by atoms with Crippen LogP contribution in [0.15, 0.2) is 122 Å². The van der Waals surface area contributed by atoms with Gasteiger partial charge < -0.3 is 59.4 Å². The highest BCUT2D eigenvalue weighted by Gasteiger charge is 2.35. The van der Waals surface area contributed by atoms with Crippen LogP contribution in [0.2, 0.25) is 0 Å². The molecule has 8 atom stereocenters. The number of primary amides is 1. The van der Waals surface area contributed by atoms with E-state index >= 15 is 0 Å². The van der Waals surface area contributed by atoms with Crippen molar-refractivity contribution in [3.8, 4) is 0 Å². The van der Waals surface area contributed by atoms with E-state index in [1.807, 2.05) is 66.7 Å². The molecule has 81 heavy (non-hydrogen) atoms. The summed E-state index contributed by atoms with van der Waals surface area (Å²) >= 11 is 8.63. The maximum absolute atomic E-state index is 14.8. The number of amides is 8. The van der Waals surface area contributed by atoms with Crippen molar-refractivity contribution in [3.05, 3.63) is 150 Å². The van der Waals surface area contributed by atoms with E-state index in [4.69, 9.17) is 17.2 Å². The van der Waals surface area contributed by atoms with Crippen LogP contribution in [0.5, 0.6) is 0 Å². The van der Waals surface area contributed by atoms with Crippen LogP contribution in [0.1, 0.15) is 55.4 Å². The first-order valence-corrected chi connectivity index (χ1v) is 27.9. The molecule has 8 amide bonds. The van der Waals surface area contributed by atoms with E-state index in [0.29, 0.717) is 29.5 Å². The summed E-state index contributed by atoms with van der Waals surface area (Å²) in [5.74, 6) is -7.59. The molecule has 0 spiro atoms. The molecule has 430 valence electrons. The molecule has 0 aliphatic carbocycles. The lowest BCUT2D eigenvalue weighted by Gasteiger charge is -2.29. The topological polar surface area (TPSA) is 328 Å². The van der Waals surface area contributed by atoms with Gasteiger partial charge in [-0.05, 0) is 95.4 Å². The number of nitrogens with zero attached hydrogens (tertiary/aromatic N) is 1. The second-order valence-corrected chi connectivity index (χ2v) is 20.8. The molecule has 14 N–H and O–H groups in total. The monoisotopic (exact) mass is 1150 g/mol. The molecule has 6 rings (SSSR count). The molecule has 6 aromatic rings. The smallest absolute Gasteiger partial charge is 0.244 e. The zero-order chi connectivity index (χ0) is 58.6. The lowest BCUT2D eigenvalue weighted by Crippen LogP contribution is -2.61. The number of para-hydroxylation sites is 1. The van der Waals surface area contributed by atoms with Gasteiger partial charge in [0.05, 0.1) is 6.04 Å². The van der Waals surface area contributed by atoms with Gasteiger partial charge in [0.25, 0.3) is 0 Å². The molecule has 0 unspecified atom stereocenters. The van der Waals surface area contributed by atoms with Gasteiger partial charge in [0.1, 0.15) is 48.1 Å². The highest BCUT2D eigenvalue weighted by molar-refractivity contribution is 7.80. The fourth-order valence-electron chi connectivity index (χ4n) is 9.05. The molecule has 0 radical (unpaired) electrons. The molecule has 0 fully saturated rings. The Kier molecular flexibility index (Phi) is 23.6. The summed E-state index contributed by atoms with van der Waals surface area (Å²) < 4.78 is 13.6. The van der Waals surface area contributed by atoms with E-state index in [2.05, 4.69) is 72.4 Å². The van der Waals surface area contributed by atoms with Crippen molar-refractivity contribution >= 4 is 94.2 Å². The Morgan fingerprint density at radius 3 is 1.75 bits per heavy atom. The predicted molar refractivity (Wildman–Crippen MR) is 314 cm³/mol. The van der Waals surface area contributed by atoms with Crippen molar-refractivity contribution in [1.82, 2.24) is 47.2 Å². The Morgan fingerprint density at radius 2 is 1.12 bits per heavy atom. The highest BCUT2D eigenvalue weighted by Crippen LogP contribution is 2.21. The number of hydrogen-bond acceptors (Lipinski definition) is 13. The van der Waals surface area contributed by atoms with Crippen molar-refractivity contribution in [1.29, 1.82) is 0 Å². The standard InChI is InChI=1S/C58H71FN12O8S2/c1-33(2)50(58(79)70-49(32-81)56(77)66-45(51(62)72)26-34-17-20-40(59)21-18-34)71-53(74)44(15-7-8-22-60)65-55(76)47(28-39-30-64-43-14-6-5-13-41(39)43)68-54(75)46(27-36-10-9-23-63-29-36)67-57(78)48(31-80)69-52(73)42(61)25-35-16-19-37-11-3-4-12-38(37)24-35/h3-6,9-14,16-21,23-24,29-30,33,42,44-50,64,80-81H,7-8,15,22,25-28,31-32,60-61H2,1-2H3,(H2,62,72)(H,65,76)(H,66,77)(H,67,78)(H,68,75)(H,69,73)(H,70,79)(H,71,74)/t42-,44-,45-,46-,47+,48+,49-,50-/m0/s1. The third-order valence-corrected chi connectivity index (χ3v) is 14.3. The summed E-state index contributed by atoms with van der Waals surface area (Å²) in [4.78, 5) is 119. The number of benzene rings is 4. The van der Waals surface area contributed by atoms with Crippen molar-refractivity contribution in [2.75, 3.05) is 18.1 Å². The summed E-state index contributed by atoms with van der Waals surface area (Å²) in [6.07, 6.45) is 5.58. The third kappa shape index (κ3) is 18.3. The number of thiol groups is 2. The molecule has 2 heterocycles. The second kappa shape index (κ2) is 30.7. The van der Waals surface area contributed by atoms with Crippen molar-refractivity contribution in [3.63, 3.8) is 0 Å². The van der Waals surface area contributed by atoms with Gasteiger partial charge in [-0.25, -0.2) is 4.39 Å². The van der Waals surface area contributed by atoms with Crippen LogP contribution in [0.4, 0.5) is 4.39 Å². The number of H-pyrrole nitrogens is 1. The van der Waals surface area contributed by atoms with Gasteiger partial charge in [0, 0.05) is 60.3 Å². The number of aromatic nitrogens is 2. The Bertz CT molecular complexity index is 3130. The minimum absolute atomic E-state index is 0.0572. The van der Waals surface area contributed by atoms with E-state index < -0.39 is 107 Å². The van der Waals surface area contributed by atoms with Gasteiger partial charge in [-0.3, -0.25) is 43.3 Å². The number of unbranched alkanes of at least 4 members (excludes halogenated alkanes) is 1. The number of fused-ring (bicyclic) bond motifs is 2. The summed E-state index contributed by atoms with van der Waals surface area (Å²) in [7, 11) is 0. The van der Waals surface area contributed by atoms with E-state index in [-0.39, 0.29) is 50.2 Å². The van der Waals surface area contributed by atoms with Gasteiger partial charge in [0.2, 0.25) is 47.3 Å². The maximum Gasteiger partial charge on any atom is 0.244 e. The number of halogens is 1. The quantitative estimate of drug-likeness (QED) is 0.0229. The Morgan fingerprint density at radius 1 is 0.568 bits per heavy atom. The van der Waals surface area contributed by atoms with Crippen LogP contribution in [0.3, 0.4) is 0 Å². The first-order valence-electron chi connectivity index (χ1n) is 26.6. The van der Waals surface area contributed by atoms with Crippen LogP contribution in [-0.4, -0.2) is 124 Å². The largest absolute Gasteiger partial charge is 0.368 e. The van der Waals surface area contributed by atoms with Crippen LogP contribution < -0.4 is 54.4 Å². The number of nitrogens with one attached hydrogen (secondary N) is 8. The van der Waals surface area contributed by atoms with Gasteiger partial charge in [-0.15, -0.1) is 0 Å². The lowest BCUT2D eigenvalue weighted by molar-refractivity contribution is -0.136. The van der Waals surface area contributed by atoms with Crippen LogP contribution in [-0.2, 0) is 64.0 Å². The first kappa shape index (κ1) is 62.3. The molecule has 20 nitrogen and oxygen atoms in total. The van der Waals surface area contributed by atoms with E-state index in [1.165, 1.54) is 30.5 Å². The summed E-state index contributed by atoms with van der Waals surface area (Å²) in [6.45, 7) is 3.60. The van der Waals surface area contributed by atoms with Crippen molar-refractivity contribution in [2.24, 2.45) is 23.1 Å². The highest BCUT2D eigenvalue weighted by atomic mass is 32.1. The summed E-state index contributed by atoms with van der Waals surface area (Å²) in [5.41, 5.74) is 21.1. The number of aromatic amines is 1. The van der Waals surface area contributed by atoms with Crippen molar-refractivity contribution in [2.45, 2.75) is 107 Å². The number of carbonyl (C=O) groups is 8. The van der Waals surface area contributed by atoms with Crippen LogP contribution in [0.25, 0.3) is 21.7 Å². The number of nitrogens with two attached hydrogens (primary N) is 3. The summed E-state index contributed by atoms with van der Waals surface area (Å²) in [5, 5.41) is 21.7. The minimum Gasteiger partial charge on any atom is -0.368 e. The molecule has 2 aromatic heterocycles. The Balaban J connectivity index is 1.20. The number of hydrogen-bond donors (Lipinski definition) is 13. The third-order valence-electron chi connectivity index (χ3n) is 13.6. The molecule has 0 aliphatic rings. The lowest BCUT2D eigenvalue weighted by atomic mass is 10.00. The molecular weight excluding hydrogens is 1080 g/mol. The van der Waals surface area contributed by atoms with Gasteiger partial charge in [0.15, 0.2) is 0 Å². The number of pyridine rings is 1. The van der Waals surface area contributed by atoms with Crippen LogP contribution >= 0.6 is 25.3 Å². The SMILES string of the molecule is CC(C)[C@H](NC(=O)[C@H](CCCCN)NC(=O)[C@@H](Cc1c[nH]c2ccccc12)NC(=O)[C@H](Cc1cccnc1)NC(=O)[C@@H](CS)NC(=O)[C@@H](N)Cc1ccc2ccccc2c1)C(=O)N[C@@H](CS)C(=O)N[C@@H](Cc1ccc(F)cc1)C(N)=O. The molecule has 0 aliphatic heterocycles. The fraction of sp³-hybridized carbons (Fsp3) is 0.362. The fourth-order valence-corrected chi connectivity index (χ4v) is 9.57. The molecule has 23 heteroatoms. The van der Waals surface area contributed by atoms with E-state index in [1.54, 1.807) is 38.4 Å². The first-order chi connectivity index (χ1) is 38.9. The predicted octanol–water partition coefficient (Wildman–Crippen LogP) is 1.98. The van der Waals surface area contributed by atoms with Gasteiger partial charge in [-0.2, -0.15) is 25.3 Å². The average molecular weight is 1150 g/mol. The summed E-state index contributed by atoms with van der Waals surface area (Å²) in [6, 6.07) is 19.4. The number of rotatable bonds is 30. The average Bonchev–Trinajstić information content (AvgIpc) is 3.96. The Hall–Kier alpha value is -7.86. The van der Waals surface area contributed by atoms with E-state index in [9.17, 15) is 42.7 Å². The van der Waals surface area contributed by atoms with Gasteiger partial charge in [-0.1, -0.05) is 92.7 Å². The zero-order valence-electron chi connectivity index (χ0n) is 45.0. The minimum atomic E-state index is -1.38. The molecule has 4 aromatic carbocycles. The molecule has 0 saturated heterocycles. The zero-order valence-corrected chi connectivity index (χ0v) is 46.8. The Labute approximate surface area is 480 Å². The molecule has 0 saturated carbocycles.